The van der Waals surface area contributed by atoms with Crippen molar-refractivity contribution in [3.63, 3.8) is 0 Å². The molecule has 0 bridgehead atoms. The molecule has 1 aliphatic heterocycles. The van der Waals surface area contributed by atoms with Crippen molar-refractivity contribution in [2.45, 2.75) is 32.6 Å². The number of carbonyl (C=O) groups excluding carboxylic acids is 1. The van der Waals surface area contributed by atoms with Gasteiger partial charge in [-0.25, -0.2) is 4.79 Å². The van der Waals surface area contributed by atoms with Crippen molar-refractivity contribution in [1.82, 2.24) is 4.90 Å². The molecule has 20 heavy (non-hydrogen) atoms. The second kappa shape index (κ2) is 6.55. The predicted molar refractivity (Wildman–Crippen MR) is 76.7 cm³/mol. The summed E-state index contributed by atoms with van der Waals surface area (Å²) in [5.74, 6) is -0.416. The van der Waals surface area contributed by atoms with Crippen LogP contribution in [0.2, 0.25) is 0 Å². The Morgan fingerprint density at radius 1 is 1.30 bits per heavy atom. The van der Waals surface area contributed by atoms with Crippen molar-refractivity contribution in [3.8, 4) is 0 Å². The molecule has 2 rings (SSSR count). The Balaban J connectivity index is 2.09. The summed E-state index contributed by atoms with van der Waals surface area (Å²) >= 11 is 0. The summed E-state index contributed by atoms with van der Waals surface area (Å²) in [5.41, 5.74) is 0.825. The molecule has 1 aromatic carbocycles. The number of carbonyl (C=O) groups is 2. The van der Waals surface area contributed by atoms with Gasteiger partial charge in [-0.2, -0.15) is 0 Å². The van der Waals surface area contributed by atoms with E-state index in [1.165, 1.54) is 0 Å². The molecule has 1 saturated heterocycles. The molecule has 0 radical (unpaired) electrons. The van der Waals surface area contributed by atoms with Gasteiger partial charge in [0, 0.05) is 13.1 Å². The average molecular weight is 275 g/mol. The fourth-order valence-electron chi connectivity index (χ4n) is 2.74. The first-order valence-corrected chi connectivity index (χ1v) is 7.17. The minimum Gasteiger partial charge on any atom is -0.478 e. The maximum Gasteiger partial charge on any atom is 0.335 e. The first-order valence-electron chi connectivity index (χ1n) is 7.17. The van der Waals surface area contributed by atoms with E-state index < -0.39 is 5.97 Å². The minimum atomic E-state index is -0.974. The molecule has 0 saturated carbocycles. The lowest BCUT2D eigenvalue weighted by molar-refractivity contribution is -0.130. The van der Waals surface area contributed by atoms with E-state index in [0.29, 0.717) is 11.5 Å². The number of benzene rings is 1. The van der Waals surface area contributed by atoms with Gasteiger partial charge >= 0.3 is 5.97 Å². The van der Waals surface area contributed by atoms with Crippen LogP contribution in [0.25, 0.3) is 0 Å². The minimum absolute atomic E-state index is 0.0347. The summed E-state index contributed by atoms with van der Waals surface area (Å²) in [4.78, 5) is 25.4. The van der Waals surface area contributed by atoms with Crippen molar-refractivity contribution in [1.29, 1.82) is 0 Å². The van der Waals surface area contributed by atoms with Crippen LogP contribution >= 0.6 is 0 Å². The zero-order chi connectivity index (χ0) is 14.5. The molecular weight excluding hydrogens is 254 g/mol. The van der Waals surface area contributed by atoms with E-state index in [1.54, 1.807) is 24.3 Å². The zero-order valence-corrected chi connectivity index (χ0v) is 11.8. The van der Waals surface area contributed by atoms with Crippen molar-refractivity contribution in [3.05, 3.63) is 35.4 Å². The molecule has 0 spiro atoms. The van der Waals surface area contributed by atoms with Gasteiger partial charge in [-0.3, -0.25) is 4.79 Å². The first kappa shape index (κ1) is 14.6. The van der Waals surface area contributed by atoms with Gasteiger partial charge in [0.1, 0.15) is 0 Å². The SMILES string of the molecule is CC1CCCCN(C(=O)Cc2ccccc2C(=O)O)C1. The highest BCUT2D eigenvalue weighted by Crippen LogP contribution is 2.17. The Hall–Kier alpha value is -1.84. The molecule has 108 valence electrons. The third-order valence-corrected chi connectivity index (χ3v) is 3.85. The average Bonchev–Trinajstić information content (AvgIpc) is 2.64. The summed E-state index contributed by atoms with van der Waals surface area (Å²) in [6.07, 6.45) is 3.54. The highest BCUT2D eigenvalue weighted by Gasteiger charge is 2.21. The smallest absolute Gasteiger partial charge is 0.335 e. The molecule has 1 N–H and O–H groups in total. The lowest BCUT2D eigenvalue weighted by Crippen LogP contribution is -2.35. The van der Waals surface area contributed by atoms with Crippen molar-refractivity contribution in [2.24, 2.45) is 5.92 Å². The lowest BCUT2D eigenvalue weighted by atomic mass is 10.0. The molecule has 4 nitrogen and oxygen atoms in total. The molecular formula is C16H21NO3. The second-order valence-corrected chi connectivity index (χ2v) is 5.58. The number of aromatic carboxylic acids is 1. The topological polar surface area (TPSA) is 57.6 Å². The van der Waals surface area contributed by atoms with Crippen LogP contribution in [0.5, 0.6) is 0 Å². The first-order chi connectivity index (χ1) is 9.58. The standard InChI is InChI=1S/C16H21NO3/c1-12-6-4-5-9-17(11-12)15(18)10-13-7-2-3-8-14(13)16(19)20/h2-3,7-8,12H,4-6,9-11H2,1H3,(H,19,20). The fourth-order valence-corrected chi connectivity index (χ4v) is 2.74. The number of hydrogen-bond donors (Lipinski definition) is 1. The molecule has 1 aromatic rings. The van der Waals surface area contributed by atoms with Crippen molar-refractivity contribution >= 4 is 11.9 Å². The van der Waals surface area contributed by atoms with Crippen LogP contribution in [0.4, 0.5) is 0 Å². The molecule has 1 aliphatic rings. The van der Waals surface area contributed by atoms with Crippen LogP contribution in [0, 0.1) is 5.92 Å². The van der Waals surface area contributed by atoms with Crippen LogP contribution in [-0.4, -0.2) is 35.0 Å². The summed E-state index contributed by atoms with van der Waals surface area (Å²) < 4.78 is 0. The molecule has 1 heterocycles. The predicted octanol–water partition coefficient (Wildman–Crippen LogP) is 2.58. The van der Waals surface area contributed by atoms with Gasteiger partial charge in [-0.1, -0.05) is 31.5 Å². The van der Waals surface area contributed by atoms with E-state index in [-0.39, 0.29) is 17.9 Å². The number of carboxylic acids is 1. The molecule has 0 aliphatic carbocycles. The Morgan fingerprint density at radius 3 is 2.80 bits per heavy atom. The third-order valence-electron chi connectivity index (χ3n) is 3.85. The summed E-state index contributed by atoms with van der Waals surface area (Å²) in [5, 5.41) is 9.15. The summed E-state index contributed by atoms with van der Waals surface area (Å²) in [6, 6.07) is 6.74. The highest BCUT2D eigenvalue weighted by atomic mass is 16.4. The number of hydrogen-bond acceptors (Lipinski definition) is 2. The van der Waals surface area contributed by atoms with E-state index >= 15 is 0 Å². The van der Waals surface area contributed by atoms with Crippen LogP contribution in [0.1, 0.15) is 42.1 Å². The van der Waals surface area contributed by atoms with E-state index in [9.17, 15) is 9.59 Å². The van der Waals surface area contributed by atoms with Crippen molar-refractivity contribution in [2.75, 3.05) is 13.1 Å². The number of carboxylic acid groups (broad SMARTS) is 1. The van der Waals surface area contributed by atoms with E-state index in [0.717, 1.165) is 32.4 Å². The lowest BCUT2D eigenvalue weighted by Gasteiger charge is -2.23. The number of rotatable bonds is 3. The number of likely N-dealkylation sites (tertiary alicyclic amines) is 1. The molecule has 1 atom stereocenters. The van der Waals surface area contributed by atoms with Crippen molar-refractivity contribution < 1.29 is 14.7 Å². The van der Waals surface area contributed by atoms with Gasteiger partial charge in [0.05, 0.1) is 12.0 Å². The zero-order valence-electron chi connectivity index (χ0n) is 11.8. The van der Waals surface area contributed by atoms with E-state index in [4.69, 9.17) is 5.11 Å². The van der Waals surface area contributed by atoms with E-state index in [2.05, 4.69) is 6.92 Å². The highest BCUT2D eigenvalue weighted by molar-refractivity contribution is 5.91. The van der Waals surface area contributed by atoms with Gasteiger partial charge in [0.25, 0.3) is 0 Å². The number of amides is 1. The van der Waals surface area contributed by atoms with Gasteiger partial charge in [-0.15, -0.1) is 0 Å². The maximum atomic E-state index is 12.4. The Kier molecular flexibility index (Phi) is 4.77. The van der Waals surface area contributed by atoms with Crippen LogP contribution in [0.15, 0.2) is 24.3 Å². The Labute approximate surface area is 119 Å². The van der Waals surface area contributed by atoms with Gasteiger partial charge in [-0.05, 0) is 30.4 Å². The third kappa shape index (κ3) is 3.59. The Bertz CT molecular complexity index is 498. The largest absolute Gasteiger partial charge is 0.478 e. The Morgan fingerprint density at radius 2 is 2.05 bits per heavy atom. The molecule has 1 amide bonds. The van der Waals surface area contributed by atoms with Crippen LogP contribution < -0.4 is 0 Å². The van der Waals surface area contributed by atoms with Crippen LogP contribution in [-0.2, 0) is 11.2 Å². The van der Waals surface area contributed by atoms with Gasteiger partial charge in [0.15, 0.2) is 0 Å². The second-order valence-electron chi connectivity index (χ2n) is 5.58. The summed E-state index contributed by atoms with van der Waals surface area (Å²) in [7, 11) is 0. The van der Waals surface area contributed by atoms with E-state index in [1.807, 2.05) is 4.90 Å². The summed E-state index contributed by atoms with van der Waals surface area (Å²) in [6.45, 7) is 3.74. The van der Waals surface area contributed by atoms with Gasteiger partial charge < -0.3 is 10.0 Å². The molecule has 4 heteroatoms. The fraction of sp³-hybridized carbons (Fsp3) is 0.500. The normalized spacial score (nSPS) is 19.4. The maximum absolute atomic E-state index is 12.4. The molecule has 1 fully saturated rings. The molecule has 0 aromatic heterocycles. The number of nitrogens with zero attached hydrogens (tertiary/aromatic N) is 1. The molecule has 1 unspecified atom stereocenters. The van der Waals surface area contributed by atoms with Crippen LogP contribution in [0.3, 0.4) is 0 Å². The van der Waals surface area contributed by atoms with Gasteiger partial charge in [0.2, 0.25) is 5.91 Å². The monoisotopic (exact) mass is 275 g/mol. The quantitative estimate of drug-likeness (QED) is 0.922.